The first-order valence-electron chi connectivity index (χ1n) is 8.04. The molecular formula is C17H20N3O3S+. The Morgan fingerprint density at radius 2 is 2.21 bits per heavy atom. The Morgan fingerprint density at radius 1 is 1.33 bits per heavy atom. The predicted molar refractivity (Wildman–Crippen MR) is 90.7 cm³/mol. The zero-order valence-electron chi connectivity index (χ0n) is 13.7. The Kier molecular flexibility index (Phi) is 3.90. The Labute approximate surface area is 144 Å². The second kappa shape index (κ2) is 6.07. The number of benzene rings is 1. The second-order valence-corrected chi connectivity index (χ2v) is 6.93. The predicted octanol–water partition coefficient (Wildman–Crippen LogP) is 1.25. The lowest BCUT2D eigenvalue weighted by atomic mass is 10.1. The highest BCUT2D eigenvalue weighted by Crippen LogP contribution is 2.37. The van der Waals surface area contributed by atoms with E-state index in [9.17, 15) is 4.79 Å². The average Bonchev–Trinajstić information content (AvgIpc) is 3.33. The summed E-state index contributed by atoms with van der Waals surface area (Å²) in [6.45, 7) is 0.984. The highest BCUT2D eigenvalue weighted by atomic mass is 32.1. The average molecular weight is 346 g/mol. The number of hydrogen-bond donors (Lipinski definition) is 1. The minimum atomic E-state index is -0.1000. The van der Waals surface area contributed by atoms with Crippen molar-refractivity contribution in [2.75, 3.05) is 25.7 Å². The molecule has 2 aliphatic heterocycles. The second-order valence-electron chi connectivity index (χ2n) is 6.05. The summed E-state index contributed by atoms with van der Waals surface area (Å²) in [5.74, 6) is 1.66. The molecule has 126 valence electrons. The monoisotopic (exact) mass is 346 g/mol. The fraction of sp³-hybridized carbons (Fsp3) is 0.412. The van der Waals surface area contributed by atoms with Crippen LogP contribution in [0.3, 0.4) is 0 Å². The normalized spacial score (nSPS) is 25.8. The SMILES string of the molecule is COc1ccc(C2N(c3nccs3)C(=O)C3CCC[NH+]32)c(OC)c1. The van der Waals surface area contributed by atoms with E-state index in [0.717, 1.165) is 41.6 Å². The first kappa shape index (κ1) is 15.4. The standard InChI is InChI=1S/C17H19N3O3S/c1-22-11-5-6-12(14(10-11)23-2)15-19-8-3-4-13(19)16(21)20(15)17-18-7-9-24-17/h5-7,9-10,13,15H,3-4,8H2,1-2H3/p+1. The Balaban J connectivity index is 1.82. The van der Waals surface area contributed by atoms with Gasteiger partial charge in [-0.25, -0.2) is 9.88 Å². The number of hydrogen-bond acceptors (Lipinski definition) is 5. The number of carbonyl (C=O) groups is 1. The van der Waals surface area contributed by atoms with E-state index in [4.69, 9.17) is 9.47 Å². The number of fused-ring (bicyclic) bond motifs is 1. The molecule has 1 N–H and O–H groups in total. The third-order valence-corrected chi connectivity index (χ3v) is 5.68. The fourth-order valence-corrected chi connectivity index (χ4v) is 4.54. The van der Waals surface area contributed by atoms with Crippen LogP contribution in [0.1, 0.15) is 24.6 Å². The maximum Gasteiger partial charge on any atom is 0.292 e. The van der Waals surface area contributed by atoms with Crippen LogP contribution in [-0.2, 0) is 4.79 Å². The molecule has 3 atom stereocenters. The number of anilines is 1. The van der Waals surface area contributed by atoms with Gasteiger partial charge in [0.15, 0.2) is 11.2 Å². The summed E-state index contributed by atoms with van der Waals surface area (Å²) in [6, 6.07) is 5.82. The number of amides is 1. The molecular weight excluding hydrogens is 326 g/mol. The van der Waals surface area contributed by atoms with E-state index in [2.05, 4.69) is 4.98 Å². The molecule has 3 heterocycles. The molecule has 1 aromatic carbocycles. The molecule has 2 aromatic rings. The van der Waals surface area contributed by atoms with E-state index < -0.39 is 0 Å². The van der Waals surface area contributed by atoms with Gasteiger partial charge in [-0.3, -0.25) is 4.79 Å². The smallest absolute Gasteiger partial charge is 0.292 e. The van der Waals surface area contributed by atoms with Crippen molar-refractivity contribution in [2.45, 2.75) is 25.0 Å². The molecule has 0 radical (unpaired) electrons. The summed E-state index contributed by atoms with van der Waals surface area (Å²) in [5.41, 5.74) is 1.00. The van der Waals surface area contributed by atoms with Gasteiger partial charge in [0.05, 0.1) is 26.3 Å². The van der Waals surface area contributed by atoms with Gasteiger partial charge in [0, 0.05) is 30.5 Å². The minimum absolute atomic E-state index is 0.0192. The van der Waals surface area contributed by atoms with Crippen LogP contribution in [0.25, 0.3) is 0 Å². The van der Waals surface area contributed by atoms with Crippen molar-refractivity contribution in [1.29, 1.82) is 0 Å². The molecule has 7 heteroatoms. The molecule has 0 spiro atoms. The molecule has 6 nitrogen and oxygen atoms in total. The minimum Gasteiger partial charge on any atom is -0.497 e. The van der Waals surface area contributed by atoms with Gasteiger partial charge in [0.2, 0.25) is 6.17 Å². The van der Waals surface area contributed by atoms with E-state index in [1.54, 1.807) is 20.4 Å². The number of quaternary nitrogens is 1. The van der Waals surface area contributed by atoms with E-state index in [-0.39, 0.29) is 18.1 Å². The van der Waals surface area contributed by atoms with Crippen LogP contribution in [0.5, 0.6) is 11.5 Å². The number of ether oxygens (including phenoxy) is 2. The number of thiazole rings is 1. The lowest BCUT2D eigenvalue weighted by Gasteiger charge is -2.26. The Morgan fingerprint density at radius 3 is 2.92 bits per heavy atom. The number of nitrogens with zero attached hydrogens (tertiary/aromatic N) is 2. The van der Waals surface area contributed by atoms with Crippen molar-refractivity contribution in [3.63, 3.8) is 0 Å². The topological polar surface area (TPSA) is 56.1 Å². The van der Waals surface area contributed by atoms with Crippen molar-refractivity contribution in [3.8, 4) is 11.5 Å². The molecule has 24 heavy (non-hydrogen) atoms. The Hall–Kier alpha value is -2.12. The number of aromatic nitrogens is 1. The van der Waals surface area contributed by atoms with Gasteiger partial charge >= 0.3 is 0 Å². The van der Waals surface area contributed by atoms with Crippen LogP contribution >= 0.6 is 11.3 Å². The summed E-state index contributed by atoms with van der Waals surface area (Å²) in [6.07, 6.45) is 3.66. The van der Waals surface area contributed by atoms with E-state index in [1.165, 1.54) is 16.2 Å². The summed E-state index contributed by atoms with van der Waals surface area (Å²) in [4.78, 5) is 20.5. The van der Waals surface area contributed by atoms with Crippen LogP contribution in [0.4, 0.5) is 5.13 Å². The van der Waals surface area contributed by atoms with Gasteiger partial charge in [-0.2, -0.15) is 0 Å². The van der Waals surface area contributed by atoms with E-state index >= 15 is 0 Å². The molecule has 2 fully saturated rings. The number of methoxy groups -OCH3 is 2. The highest BCUT2D eigenvalue weighted by Gasteiger charge is 2.55. The molecule has 2 saturated heterocycles. The zero-order chi connectivity index (χ0) is 16.7. The van der Waals surface area contributed by atoms with Gasteiger partial charge in [-0.05, 0) is 12.1 Å². The highest BCUT2D eigenvalue weighted by molar-refractivity contribution is 7.13. The fourth-order valence-electron chi connectivity index (χ4n) is 3.86. The van der Waals surface area contributed by atoms with Gasteiger partial charge in [-0.1, -0.05) is 0 Å². The molecule has 0 saturated carbocycles. The molecule has 1 aromatic heterocycles. The van der Waals surface area contributed by atoms with Gasteiger partial charge in [-0.15, -0.1) is 11.3 Å². The number of nitrogens with one attached hydrogen (secondary N) is 1. The molecule has 1 amide bonds. The number of rotatable bonds is 4. The summed E-state index contributed by atoms with van der Waals surface area (Å²) >= 11 is 1.50. The molecule has 4 rings (SSSR count). The van der Waals surface area contributed by atoms with Crippen molar-refractivity contribution >= 4 is 22.4 Å². The quantitative estimate of drug-likeness (QED) is 0.905. The van der Waals surface area contributed by atoms with Gasteiger partial charge in [0.1, 0.15) is 11.5 Å². The van der Waals surface area contributed by atoms with Crippen molar-refractivity contribution < 1.29 is 19.2 Å². The lowest BCUT2D eigenvalue weighted by Crippen LogP contribution is -3.12. The first-order chi connectivity index (χ1) is 11.7. The molecule has 0 aliphatic carbocycles. The number of carbonyl (C=O) groups excluding carboxylic acids is 1. The van der Waals surface area contributed by atoms with Gasteiger partial charge < -0.3 is 14.4 Å². The first-order valence-corrected chi connectivity index (χ1v) is 8.92. The van der Waals surface area contributed by atoms with Crippen molar-refractivity contribution in [3.05, 3.63) is 35.3 Å². The summed E-state index contributed by atoms with van der Waals surface area (Å²) < 4.78 is 10.9. The Bertz CT molecular complexity index is 750. The van der Waals surface area contributed by atoms with Crippen LogP contribution in [0.2, 0.25) is 0 Å². The van der Waals surface area contributed by atoms with E-state index in [1.807, 2.05) is 28.5 Å². The third kappa shape index (κ3) is 2.27. The largest absolute Gasteiger partial charge is 0.497 e. The maximum atomic E-state index is 13.0. The molecule has 2 aliphatic rings. The van der Waals surface area contributed by atoms with Crippen LogP contribution in [-0.4, -0.2) is 37.7 Å². The van der Waals surface area contributed by atoms with Crippen molar-refractivity contribution in [2.24, 2.45) is 0 Å². The van der Waals surface area contributed by atoms with Gasteiger partial charge in [0.25, 0.3) is 5.91 Å². The van der Waals surface area contributed by atoms with Crippen LogP contribution < -0.4 is 19.3 Å². The zero-order valence-corrected chi connectivity index (χ0v) is 14.5. The van der Waals surface area contributed by atoms with Crippen LogP contribution in [0.15, 0.2) is 29.8 Å². The van der Waals surface area contributed by atoms with E-state index in [0.29, 0.717) is 0 Å². The molecule has 3 unspecified atom stereocenters. The summed E-state index contributed by atoms with van der Waals surface area (Å²) in [7, 11) is 3.29. The van der Waals surface area contributed by atoms with Crippen molar-refractivity contribution in [1.82, 2.24) is 4.98 Å². The maximum absolute atomic E-state index is 13.0. The molecule has 0 bridgehead atoms. The van der Waals surface area contributed by atoms with Crippen LogP contribution in [0, 0.1) is 0 Å². The lowest BCUT2D eigenvalue weighted by molar-refractivity contribution is -0.924. The third-order valence-electron chi connectivity index (χ3n) is 4.91. The summed E-state index contributed by atoms with van der Waals surface area (Å²) in [5, 5.41) is 2.66.